The minimum absolute atomic E-state index is 0.459. The van der Waals surface area contributed by atoms with Gasteiger partial charge in [0.25, 0.3) is 0 Å². The molecule has 0 saturated carbocycles. The first-order valence-electron chi connectivity index (χ1n) is 6.72. The molecule has 3 nitrogen and oxygen atoms in total. The molecule has 1 aromatic heterocycles. The molecule has 0 saturated heterocycles. The molecule has 0 bridgehead atoms. The number of hydrogen-bond acceptors (Lipinski definition) is 5. The van der Waals surface area contributed by atoms with Crippen LogP contribution in [0.4, 0.5) is 0 Å². The molecule has 1 N–H and O–H groups in total. The largest absolute Gasteiger partial charge is 0.364 e. The van der Waals surface area contributed by atoms with E-state index in [1.54, 1.807) is 11.3 Å². The fourth-order valence-corrected chi connectivity index (χ4v) is 3.93. The average Bonchev–Trinajstić information content (AvgIpc) is 3.09. The summed E-state index contributed by atoms with van der Waals surface area (Å²) in [5.74, 6) is 0. The van der Waals surface area contributed by atoms with E-state index in [9.17, 15) is 0 Å². The van der Waals surface area contributed by atoms with Crippen molar-refractivity contribution >= 4 is 28.3 Å². The Morgan fingerprint density at radius 2 is 2.15 bits per heavy atom. The Kier molecular flexibility index (Phi) is 4.38. The Morgan fingerprint density at radius 3 is 2.90 bits per heavy atom. The van der Waals surface area contributed by atoms with Gasteiger partial charge in [0, 0.05) is 24.0 Å². The van der Waals surface area contributed by atoms with Gasteiger partial charge in [0.05, 0.1) is 16.8 Å². The van der Waals surface area contributed by atoms with Gasteiger partial charge in [0.1, 0.15) is 0 Å². The molecule has 0 amide bonds. The smallest absolute Gasteiger partial charge is 0.157 e. The molecule has 1 atom stereocenters. The SMILES string of the molecule is Cc1csc(CCNC2=NCC(c3ccccc3)S2)n1. The number of nitrogens with zero attached hydrogens (tertiary/aromatic N) is 2. The molecule has 104 valence electrons. The van der Waals surface area contributed by atoms with Gasteiger partial charge >= 0.3 is 0 Å². The molecule has 1 aliphatic heterocycles. The van der Waals surface area contributed by atoms with E-state index in [1.165, 1.54) is 10.6 Å². The van der Waals surface area contributed by atoms with Crippen molar-refractivity contribution in [2.24, 2.45) is 4.99 Å². The second-order valence-corrected chi connectivity index (χ2v) is 6.86. The highest BCUT2D eigenvalue weighted by Gasteiger charge is 2.20. The van der Waals surface area contributed by atoms with Crippen LogP contribution >= 0.6 is 23.1 Å². The highest BCUT2D eigenvalue weighted by Crippen LogP contribution is 2.34. The zero-order chi connectivity index (χ0) is 13.8. The van der Waals surface area contributed by atoms with Gasteiger partial charge in [-0.25, -0.2) is 4.98 Å². The lowest BCUT2D eigenvalue weighted by molar-refractivity contribution is 0.859. The van der Waals surface area contributed by atoms with E-state index in [0.29, 0.717) is 5.25 Å². The maximum atomic E-state index is 4.58. The van der Waals surface area contributed by atoms with Crippen molar-refractivity contribution < 1.29 is 0 Å². The van der Waals surface area contributed by atoms with Crippen molar-refractivity contribution in [3.63, 3.8) is 0 Å². The van der Waals surface area contributed by atoms with Gasteiger partial charge in [-0.1, -0.05) is 42.1 Å². The zero-order valence-electron chi connectivity index (χ0n) is 11.4. The molecule has 2 aromatic rings. The fraction of sp³-hybridized carbons (Fsp3) is 0.333. The normalized spacial score (nSPS) is 18.1. The number of amidine groups is 1. The van der Waals surface area contributed by atoms with Gasteiger partial charge in [-0.3, -0.25) is 4.99 Å². The number of aliphatic imine (C=N–C) groups is 1. The summed E-state index contributed by atoms with van der Waals surface area (Å²) in [5.41, 5.74) is 2.47. The summed E-state index contributed by atoms with van der Waals surface area (Å²) in [6, 6.07) is 10.6. The zero-order valence-corrected chi connectivity index (χ0v) is 13.0. The summed E-state index contributed by atoms with van der Waals surface area (Å²) >= 11 is 3.56. The lowest BCUT2D eigenvalue weighted by Gasteiger charge is -2.08. The fourth-order valence-electron chi connectivity index (χ4n) is 2.11. The Bertz CT molecular complexity index is 592. The van der Waals surface area contributed by atoms with Crippen LogP contribution < -0.4 is 5.32 Å². The standard InChI is InChI=1S/C15H17N3S2/c1-11-10-19-14(18-11)7-8-16-15-17-9-13(20-15)12-5-3-2-4-6-12/h2-6,10,13H,7-9H2,1H3,(H,16,17). The Balaban J connectivity index is 1.46. The number of aryl methyl sites for hydroxylation is 1. The highest BCUT2D eigenvalue weighted by molar-refractivity contribution is 8.14. The van der Waals surface area contributed by atoms with E-state index in [1.807, 2.05) is 18.7 Å². The molecule has 0 fully saturated rings. The van der Waals surface area contributed by atoms with Crippen molar-refractivity contribution in [1.82, 2.24) is 10.3 Å². The van der Waals surface area contributed by atoms with Crippen LogP contribution in [-0.4, -0.2) is 23.2 Å². The summed E-state index contributed by atoms with van der Waals surface area (Å²) in [4.78, 5) is 9.05. The number of rotatable bonds is 4. The highest BCUT2D eigenvalue weighted by atomic mass is 32.2. The second-order valence-electron chi connectivity index (χ2n) is 4.72. The van der Waals surface area contributed by atoms with Gasteiger partial charge < -0.3 is 5.32 Å². The molecule has 0 aliphatic carbocycles. The number of nitrogens with one attached hydrogen (secondary N) is 1. The van der Waals surface area contributed by atoms with Crippen molar-refractivity contribution in [3.05, 3.63) is 52.0 Å². The molecule has 1 aromatic carbocycles. The number of hydrogen-bond donors (Lipinski definition) is 1. The first-order chi connectivity index (χ1) is 9.81. The predicted molar refractivity (Wildman–Crippen MR) is 87.6 cm³/mol. The third kappa shape index (κ3) is 3.41. The molecule has 20 heavy (non-hydrogen) atoms. The quantitative estimate of drug-likeness (QED) is 0.940. The summed E-state index contributed by atoms with van der Waals surface area (Å²) in [7, 11) is 0. The van der Waals surface area contributed by atoms with E-state index in [4.69, 9.17) is 0 Å². The van der Waals surface area contributed by atoms with Crippen LogP contribution in [0.25, 0.3) is 0 Å². The number of benzene rings is 1. The second kappa shape index (κ2) is 6.41. The van der Waals surface area contributed by atoms with E-state index in [2.05, 4.69) is 51.0 Å². The van der Waals surface area contributed by atoms with E-state index < -0.39 is 0 Å². The predicted octanol–water partition coefficient (Wildman–Crippen LogP) is 3.43. The van der Waals surface area contributed by atoms with Crippen LogP contribution in [0, 0.1) is 6.92 Å². The van der Waals surface area contributed by atoms with Gasteiger partial charge in [-0.05, 0) is 12.5 Å². The Hall–Kier alpha value is -1.33. The monoisotopic (exact) mass is 303 g/mol. The van der Waals surface area contributed by atoms with Crippen LogP contribution in [-0.2, 0) is 6.42 Å². The van der Waals surface area contributed by atoms with Gasteiger partial charge in [-0.2, -0.15) is 0 Å². The topological polar surface area (TPSA) is 37.3 Å². The third-order valence-electron chi connectivity index (χ3n) is 3.11. The summed E-state index contributed by atoms with van der Waals surface area (Å²) < 4.78 is 0. The van der Waals surface area contributed by atoms with Gasteiger partial charge in [0.15, 0.2) is 5.17 Å². The molecular weight excluding hydrogens is 286 g/mol. The van der Waals surface area contributed by atoms with E-state index in [-0.39, 0.29) is 0 Å². The van der Waals surface area contributed by atoms with Gasteiger partial charge in [0.2, 0.25) is 0 Å². The molecule has 1 unspecified atom stereocenters. The van der Waals surface area contributed by atoms with Crippen LogP contribution in [0.3, 0.4) is 0 Å². The van der Waals surface area contributed by atoms with Crippen LogP contribution in [0.15, 0.2) is 40.7 Å². The molecule has 5 heteroatoms. The lowest BCUT2D eigenvalue weighted by Crippen LogP contribution is -2.21. The molecule has 3 rings (SSSR count). The Morgan fingerprint density at radius 1 is 1.30 bits per heavy atom. The number of thiazole rings is 1. The molecule has 1 aliphatic rings. The van der Waals surface area contributed by atoms with Crippen molar-refractivity contribution in [1.29, 1.82) is 0 Å². The molecule has 0 spiro atoms. The number of thioether (sulfide) groups is 1. The molecular formula is C15H17N3S2. The third-order valence-corrected chi connectivity index (χ3v) is 5.34. The lowest BCUT2D eigenvalue weighted by atomic mass is 10.1. The van der Waals surface area contributed by atoms with Crippen LogP contribution in [0.1, 0.15) is 21.5 Å². The first kappa shape index (κ1) is 13.6. The molecule has 0 radical (unpaired) electrons. The van der Waals surface area contributed by atoms with Crippen molar-refractivity contribution in [3.8, 4) is 0 Å². The van der Waals surface area contributed by atoms with E-state index in [0.717, 1.165) is 30.4 Å². The summed E-state index contributed by atoms with van der Waals surface area (Å²) in [6.07, 6.45) is 0.966. The first-order valence-corrected chi connectivity index (χ1v) is 8.48. The number of aromatic nitrogens is 1. The van der Waals surface area contributed by atoms with Gasteiger partial charge in [-0.15, -0.1) is 11.3 Å². The minimum Gasteiger partial charge on any atom is -0.364 e. The minimum atomic E-state index is 0.459. The summed E-state index contributed by atoms with van der Waals surface area (Å²) in [6.45, 7) is 3.81. The Labute approximate surface area is 127 Å². The van der Waals surface area contributed by atoms with Crippen molar-refractivity contribution in [2.75, 3.05) is 13.1 Å². The van der Waals surface area contributed by atoms with Crippen LogP contribution in [0.5, 0.6) is 0 Å². The maximum absolute atomic E-state index is 4.58. The van der Waals surface area contributed by atoms with E-state index >= 15 is 0 Å². The summed E-state index contributed by atoms with van der Waals surface area (Å²) in [5, 5.41) is 8.23. The molecule has 2 heterocycles. The van der Waals surface area contributed by atoms with Crippen molar-refractivity contribution in [2.45, 2.75) is 18.6 Å². The van der Waals surface area contributed by atoms with Crippen LogP contribution in [0.2, 0.25) is 0 Å². The average molecular weight is 303 g/mol. The maximum Gasteiger partial charge on any atom is 0.157 e.